The first kappa shape index (κ1) is 25.4. The second-order valence-corrected chi connectivity index (χ2v) is 9.45. The van der Waals surface area contributed by atoms with Crippen LogP contribution in [0.25, 0.3) is 44.0 Å². The summed E-state index contributed by atoms with van der Waals surface area (Å²) in [6, 6.07) is 21.7. The second kappa shape index (κ2) is 9.37. The molecule has 0 saturated carbocycles. The Labute approximate surface area is 226 Å². The Morgan fingerprint density at radius 3 is 2.23 bits per heavy atom. The van der Waals surface area contributed by atoms with Crippen LogP contribution in [0.4, 0.5) is 13.2 Å². The van der Waals surface area contributed by atoms with Crippen molar-refractivity contribution in [2.75, 3.05) is 7.11 Å². The predicted molar refractivity (Wildman–Crippen MR) is 146 cm³/mol. The van der Waals surface area contributed by atoms with Gasteiger partial charge in [0.25, 0.3) is 0 Å². The minimum atomic E-state index is -4.54. The monoisotopic (exact) mass is 541 g/mol. The van der Waals surface area contributed by atoms with Crippen molar-refractivity contribution < 1.29 is 27.5 Å². The van der Waals surface area contributed by atoms with Gasteiger partial charge in [-0.1, -0.05) is 54.6 Å². The van der Waals surface area contributed by atoms with Gasteiger partial charge >= 0.3 is 12.1 Å². The number of hydrogen-bond acceptors (Lipinski definition) is 4. The van der Waals surface area contributed by atoms with Gasteiger partial charge in [-0.05, 0) is 29.8 Å². The third-order valence-corrected chi connectivity index (χ3v) is 7.10. The number of hydrogen-bond donors (Lipinski definition) is 0. The van der Waals surface area contributed by atoms with Crippen LogP contribution < -0.4 is 0 Å². The summed E-state index contributed by atoms with van der Waals surface area (Å²) in [5, 5.41) is 2.08. The summed E-state index contributed by atoms with van der Waals surface area (Å²) in [7, 11) is 1.26. The molecule has 0 N–H and O–H groups in total. The molecule has 0 aliphatic rings. The molecule has 0 bridgehead atoms. The summed E-state index contributed by atoms with van der Waals surface area (Å²) < 4.78 is 50.2. The van der Waals surface area contributed by atoms with Gasteiger partial charge in [-0.2, -0.15) is 13.2 Å². The number of aromatic nitrogens is 3. The number of benzene rings is 3. The number of alkyl halides is 3. The Hall–Kier alpha value is -4.92. The number of nitrogens with zero attached hydrogens (tertiary/aromatic N) is 3. The minimum Gasteiger partial charge on any atom is -0.464 e. The first-order valence-electron chi connectivity index (χ1n) is 12.5. The predicted octanol–water partition coefficient (Wildman–Crippen LogP) is 7.33. The first-order valence-corrected chi connectivity index (χ1v) is 12.5. The van der Waals surface area contributed by atoms with Crippen molar-refractivity contribution in [1.82, 2.24) is 14.1 Å². The van der Waals surface area contributed by atoms with E-state index in [1.807, 2.05) is 42.5 Å². The van der Waals surface area contributed by atoms with Crippen molar-refractivity contribution in [2.24, 2.45) is 0 Å². The fourth-order valence-corrected chi connectivity index (χ4v) is 5.37. The van der Waals surface area contributed by atoms with Crippen LogP contribution in [0.5, 0.6) is 0 Å². The van der Waals surface area contributed by atoms with Gasteiger partial charge in [-0.25, -0.2) is 9.78 Å². The number of fused-ring (bicyclic) bond motifs is 4. The van der Waals surface area contributed by atoms with Crippen LogP contribution >= 0.6 is 0 Å². The molecule has 200 valence electrons. The standard InChI is InChI=1S/C31H22F3N3O3/c1-18(38)36-17-23(21-11-5-7-13-26(21)36)28-29-22(15-25(35-28)30(39)40-2)20-10-4-8-14-27(20)37(29)16-19-9-3-6-12-24(19)31(32,33)34/h3-15,17H,16H2,1-2H3. The Kier molecular flexibility index (Phi) is 5.94. The van der Waals surface area contributed by atoms with E-state index in [-0.39, 0.29) is 23.7 Å². The summed E-state index contributed by atoms with van der Waals surface area (Å²) >= 11 is 0. The first-order chi connectivity index (χ1) is 19.2. The van der Waals surface area contributed by atoms with E-state index in [1.165, 1.54) is 30.7 Å². The molecule has 40 heavy (non-hydrogen) atoms. The fraction of sp³-hybridized carbons (Fsp3) is 0.129. The van der Waals surface area contributed by atoms with Crippen LogP contribution in [0.3, 0.4) is 0 Å². The molecule has 3 aromatic heterocycles. The highest BCUT2D eigenvalue weighted by molar-refractivity contribution is 6.16. The van der Waals surface area contributed by atoms with Crippen LogP contribution in [0.2, 0.25) is 0 Å². The van der Waals surface area contributed by atoms with Crippen LogP contribution in [-0.4, -0.2) is 33.1 Å². The summed E-state index contributed by atoms with van der Waals surface area (Å²) in [6.07, 6.45) is -2.88. The van der Waals surface area contributed by atoms with Crippen LogP contribution in [0.15, 0.2) is 85.1 Å². The fourth-order valence-electron chi connectivity index (χ4n) is 5.37. The average molecular weight is 542 g/mol. The Morgan fingerprint density at radius 2 is 1.52 bits per heavy atom. The molecule has 0 atom stereocenters. The van der Waals surface area contributed by atoms with E-state index < -0.39 is 17.7 Å². The number of methoxy groups -OCH3 is 1. The number of esters is 1. The number of pyridine rings is 1. The SMILES string of the molecule is COC(=O)c1cc2c3ccccc3n(Cc3ccccc3C(F)(F)F)c2c(-c2cn(C(C)=O)c3ccccc23)n1. The topological polar surface area (TPSA) is 66.1 Å². The van der Waals surface area contributed by atoms with Gasteiger partial charge in [-0.3, -0.25) is 9.36 Å². The van der Waals surface area contributed by atoms with Gasteiger partial charge in [0.15, 0.2) is 0 Å². The quantitative estimate of drug-likeness (QED) is 0.219. The number of carbonyl (C=O) groups is 2. The van der Waals surface area contributed by atoms with Crippen molar-refractivity contribution in [3.63, 3.8) is 0 Å². The van der Waals surface area contributed by atoms with E-state index in [2.05, 4.69) is 0 Å². The maximum absolute atomic E-state index is 14.0. The molecular formula is C31H22F3N3O3. The van der Waals surface area contributed by atoms with E-state index >= 15 is 0 Å². The van der Waals surface area contributed by atoms with Crippen molar-refractivity contribution in [1.29, 1.82) is 0 Å². The van der Waals surface area contributed by atoms with Gasteiger partial charge in [0, 0.05) is 46.9 Å². The van der Waals surface area contributed by atoms with Gasteiger partial charge in [0.05, 0.1) is 29.4 Å². The molecule has 3 aromatic carbocycles. The molecule has 0 radical (unpaired) electrons. The van der Waals surface area contributed by atoms with E-state index in [0.29, 0.717) is 38.6 Å². The van der Waals surface area contributed by atoms with E-state index in [0.717, 1.165) is 11.5 Å². The van der Waals surface area contributed by atoms with Gasteiger partial charge < -0.3 is 9.30 Å². The molecule has 6 nitrogen and oxygen atoms in total. The van der Waals surface area contributed by atoms with Crippen LogP contribution in [0.1, 0.15) is 33.3 Å². The highest BCUT2D eigenvalue weighted by atomic mass is 19.4. The second-order valence-electron chi connectivity index (χ2n) is 9.45. The lowest BCUT2D eigenvalue weighted by Gasteiger charge is -2.16. The Bertz CT molecular complexity index is 1970. The zero-order valence-electron chi connectivity index (χ0n) is 21.5. The molecule has 0 fully saturated rings. The Balaban J connectivity index is 1.75. The molecule has 0 aliphatic carbocycles. The number of para-hydroxylation sites is 2. The minimum absolute atomic E-state index is 0.0447. The summed E-state index contributed by atoms with van der Waals surface area (Å²) in [5.41, 5.74) is 2.19. The van der Waals surface area contributed by atoms with Crippen molar-refractivity contribution in [3.8, 4) is 11.3 Å². The molecule has 0 spiro atoms. The van der Waals surface area contributed by atoms with Crippen molar-refractivity contribution in [2.45, 2.75) is 19.6 Å². The lowest BCUT2D eigenvalue weighted by Crippen LogP contribution is -2.12. The highest BCUT2D eigenvalue weighted by Gasteiger charge is 2.33. The molecule has 6 rings (SSSR count). The summed E-state index contributed by atoms with van der Waals surface area (Å²) in [6.45, 7) is 1.34. The van der Waals surface area contributed by atoms with Crippen LogP contribution in [0, 0.1) is 0 Å². The van der Waals surface area contributed by atoms with Gasteiger partial charge in [0.1, 0.15) is 5.69 Å². The zero-order chi connectivity index (χ0) is 28.2. The van der Waals surface area contributed by atoms with Crippen LogP contribution in [-0.2, 0) is 17.5 Å². The number of carbonyl (C=O) groups excluding carboxylic acids is 2. The lowest BCUT2D eigenvalue weighted by molar-refractivity contribution is -0.138. The van der Waals surface area contributed by atoms with Crippen molar-refractivity contribution in [3.05, 3.63) is 102 Å². The van der Waals surface area contributed by atoms with E-state index in [1.54, 1.807) is 29.0 Å². The Morgan fingerprint density at radius 1 is 0.875 bits per heavy atom. The molecule has 9 heteroatoms. The van der Waals surface area contributed by atoms with E-state index in [9.17, 15) is 22.8 Å². The lowest BCUT2D eigenvalue weighted by atomic mass is 10.0. The summed E-state index contributed by atoms with van der Waals surface area (Å²) in [5.74, 6) is -0.875. The number of rotatable bonds is 4. The normalized spacial score (nSPS) is 11.9. The molecular weight excluding hydrogens is 519 g/mol. The number of ether oxygens (including phenoxy) is 1. The van der Waals surface area contributed by atoms with Crippen molar-refractivity contribution >= 4 is 44.6 Å². The van der Waals surface area contributed by atoms with E-state index in [4.69, 9.17) is 9.72 Å². The largest absolute Gasteiger partial charge is 0.464 e. The maximum Gasteiger partial charge on any atom is 0.416 e. The molecule has 3 heterocycles. The smallest absolute Gasteiger partial charge is 0.416 e. The third-order valence-electron chi connectivity index (χ3n) is 7.10. The summed E-state index contributed by atoms with van der Waals surface area (Å²) in [4.78, 5) is 29.9. The molecule has 0 unspecified atom stereocenters. The highest BCUT2D eigenvalue weighted by Crippen LogP contribution is 2.40. The molecule has 0 amide bonds. The average Bonchev–Trinajstić information content (AvgIpc) is 3.49. The van der Waals surface area contributed by atoms with Gasteiger partial charge in [0.2, 0.25) is 5.91 Å². The molecule has 6 aromatic rings. The van der Waals surface area contributed by atoms with Gasteiger partial charge in [-0.15, -0.1) is 0 Å². The molecule has 0 saturated heterocycles. The number of halogens is 3. The zero-order valence-corrected chi connectivity index (χ0v) is 21.5. The third kappa shape index (κ3) is 4.02. The molecule has 0 aliphatic heterocycles. The maximum atomic E-state index is 14.0.